The zero-order valence-electron chi connectivity index (χ0n) is 13.0. The first-order valence-electron chi connectivity index (χ1n) is 7.46. The molecular formula is C17H21N3O2. The topological polar surface area (TPSA) is 47.5 Å². The SMILES string of the molecule is COc1ncncc1CN1CCOC(C)(c2ccccc2)C1. The number of nitrogens with zero attached hydrogens (tertiary/aromatic N) is 3. The molecule has 1 saturated heterocycles. The van der Waals surface area contributed by atoms with Crippen molar-refractivity contribution in [2.75, 3.05) is 26.8 Å². The monoisotopic (exact) mass is 299 g/mol. The van der Waals surface area contributed by atoms with Crippen molar-refractivity contribution in [3.8, 4) is 5.88 Å². The largest absolute Gasteiger partial charge is 0.481 e. The van der Waals surface area contributed by atoms with E-state index in [4.69, 9.17) is 9.47 Å². The van der Waals surface area contributed by atoms with Gasteiger partial charge in [0.15, 0.2) is 0 Å². The fourth-order valence-electron chi connectivity index (χ4n) is 2.93. The van der Waals surface area contributed by atoms with Crippen molar-refractivity contribution < 1.29 is 9.47 Å². The van der Waals surface area contributed by atoms with Crippen LogP contribution < -0.4 is 4.74 Å². The lowest BCUT2D eigenvalue weighted by atomic mass is 9.93. The molecule has 116 valence electrons. The van der Waals surface area contributed by atoms with Gasteiger partial charge in [-0.3, -0.25) is 4.90 Å². The second-order valence-corrected chi connectivity index (χ2v) is 5.71. The molecular weight excluding hydrogens is 278 g/mol. The predicted molar refractivity (Wildman–Crippen MR) is 83.6 cm³/mol. The van der Waals surface area contributed by atoms with Crippen molar-refractivity contribution in [3.05, 3.63) is 54.0 Å². The molecule has 0 amide bonds. The fraction of sp³-hybridized carbons (Fsp3) is 0.412. The second-order valence-electron chi connectivity index (χ2n) is 5.71. The third-order valence-electron chi connectivity index (χ3n) is 4.07. The van der Waals surface area contributed by atoms with E-state index in [-0.39, 0.29) is 5.60 Å². The zero-order chi connectivity index (χ0) is 15.4. The molecule has 0 bridgehead atoms. The Morgan fingerprint density at radius 3 is 2.91 bits per heavy atom. The Balaban J connectivity index is 1.76. The molecule has 5 nitrogen and oxygen atoms in total. The number of hydrogen-bond donors (Lipinski definition) is 0. The molecule has 5 heteroatoms. The van der Waals surface area contributed by atoms with E-state index < -0.39 is 0 Å². The van der Waals surface area contributed by atoms with Gasteiger partial charge < -0.3 is 9.47 Å². The smallest absolute Gasteiger partial charge is 0.220 e. The van der Waals surface area contributed by atoms with Crippen LogP contribution in [0, 0.1) is 0 Å². The van der Waals surface area contributed by atoms with Crippen molar-refractivity contribution in [1.29, 1.82) is 0 Å². The van der Waals surface area contributed by atoms with Crippen LogP contribution in [0.3, 0.4) is 0 Å². The first kappa shape index (κ1) is 14.9. The zero-order valence-corrected chi connectivity index (χ0v) is 13.0. The quantitative estimate of drug-likeness (QED) is 0.866. The van der Waals surface area contributed by atoms with Crippen LogP contribution in [-0.2, 0) is 16.9 Å². The van der Waals surface area contributed by atoms with Crippen LogP contribution in [0.4, 0.5) is 0 Å². The van der Waals surface area contributed by atoms with Gasteiger partial charge in [0, 0.05) is 31.4 Å². The number of benzene rings is 1. The molecule has 1 aromatic carbocycles. The maximum Gasteiger partial charge on any atom is 0.220 e. The maximum absolute atomic E-state index is 6.07. The molecule has 0 radical (unpaired) electrons. The summed E-state index contributed by atoms with van der Waals surface area (Å²) in [7, 11) is 1.64. The van der Waals surface area contributed by atoms with Gasteiger partial charge in [0.2, 0.25) is 5.88 Å². The Bertz CT molecular complexity index is 620. The molecule has 3 rings (SSSR count). The minimum Gasteiger partial charge on any atom is -0.481 e. The minimum absolute atomic E-state index is 0.289. The highest BCUT2D eigenvalue weighted by Gasteiger charge is 2.33. The molecule has 1 aliphatic heterocycles. The summed E-state index contributed by atoms with van der Waals surface area (Å²) in [5.74, 6) is 0.642. The summed E-state index contributed by atoms with van der Waals surface area (Å²) < 4.78 is 11.4. The summed E-state index contributed by atoms with van der Waals surface area (Å²) in [6.45, 7) is 5.33. The molecule has 0 N–H and O–H groups in total. The Morgan fingerprint density at radius 2 is 2.14 bits per heavy atom. The molecule has 1 aromatic heterocycles. The van der Waals surface area contributed by atoms with Crippen LogP contribution in [0.15, 0.2) is 42.9 Å². The molecule has 1 atom stereocenters. The summed E-state index contributed by atoms with van der Waals surface area (Å²) in [6, 6.07) is 10.4. The molecule has 1 fully saturated rings. The van der Waals surface area contributed by atoms with Gasteiger partial charge in [0.25, 0.3) is 0 Å². The third-order valence-corrected chi connectivity index (χ3v) is 4.07. The highest BCUT2D eigenvalue weighted by molar-refractivity contribution is 5.24. The van der Waals surface area contributed by atoms with Gasteiger partial charge in [-0.2, -0.15) is 0 Å². The van der Waals surface area contributed by atoms with Crippen LogP contribution in [-0.4, -0.2) is 41.7 Å². The normalized spacial score (nSPS) is 22.5. The summed E-state index contributed by atoms with van der Waals surface area (Å²) in [4.78, 5) is 10.6. The summed E-state index contributed by atoms with van der Waals surface area (Å²) >= 11 is 0. The van der Waals surface area contributed by atoms with E-state index in [9.17, 15) is 0 Å². The molecule has 2 heterocycles. The number of morpholine rings is 1. The first-order valence-corrected chi connectivity index (χ1v) is 7.46. The Hall–Kier alpha value is -1.98. The molecule has 0 aliphatic carbocycles. The van der Waals surface area contributed by atoms with E-state index in [0.717, 1.165) is 25.2 Å². The van der Waals surface area contributed by atoms with Gasteiger partial charge in [-0.05, 0) is 12.5 Å². The number of hydrogen-bond acceptors (Lipinski definition) is 5. The van der Waals surface area contributed by atoms with Crippen LogP contribution in [0.5, 0.6) is 5.88 Å². The molecule has 0 saturated carbocycles. The van der Waals surface area contributed by atoms with E-state index in [1.807, 2.05) is 12.3 Å². The first-order chi connectivity index (χ1) is 10.7. The predicted octanol–water partition coefficient (Wildman–Crippen LogP) is 2.23. The number of rotatable bonds is 4. The molecule has 1 aliphatic rings. The minimum atomic E-state index is -0.289. The lowest BCUT2D eigenvalue weighted by Gasteiger charge is -2.41. The van der Waals surface area contributed by atoms with Crippen molar-refractivity contribution in [3.63, 3.8) is 0 Å². The van der Waals surface area contributed by atoms with Crippen LogP contribution in [0.2, 0.25) is 0 Å². The second kappa shape index (κ2) is 6.42. The van der Waals surface area contributed by atoms with Gasteiger partial charge in [-0.1, -0.05) is 30.3 Å². The van der Waals surface area contributed by atoms with Gasteiger partial charge >= 0.3 is 0 Å². The highest BCUT2D eigenvalue weighted by Crippen LogP contribution is 2.30. The average molecular weight is 299 g/mol. The van der Waals surface area contributed by atoms with E-state index in [2.05, 4.69) is 46.1 Å². The van der Waals surface area contributed by atoms with E-state index >= 15 is 0 Å². The van der Waals surface area contributed by atoms with Gasteiger partial charge in [-0.25, -0.2) is 9.97 Å². The van der Waals surface area contributed by atoms with E-state index in [1.54, 1.807) is 7.11 Å². The van der Waals surface area contributed by atoms with Crippen LogP contribution in [0.25, 0.3) is 0 Å². The molecule has 0 spiro atoms. The van der Waals surface area contributed by atoms with Crippen molar-refractivity contribution in [2.45, 2.75) is 19.1 Å². The number of ether oxygens (including phenoxy) is 2. The van der Waals surface area contributed by atoms with Crippen LogP contribution in [0.1, 0.15) is 18.1 Å². The lowest BCUT2D eigenvalue weighted by molar-refractivity contribution is -0.105. The molecule has 2 aromatic rings. The maximum atomic E-state index is 6.07. The Kier molecular flexibility index (Phi) is 4.36. The van der Waals surface area contributed by atoms with Crippen LogP contribution >= 0.6 is 0 Å². The number of aromatic nitrogens is 2. The van der Waals surface area contributed by atoms with Gasteiger partial charge in [-0.15, -0.1) is 0 Å². The fourth-order valence-corrected chi connectivity index (χ4v) is 2.93. The summed E-state index contributed by atoms with van der Waals surface area (Å²) in [6.07, 6.45) is 3.33. The molecule has 1 unspecified atom stereocenters. The highest BCUT2D eigenvalue weighted by atomic mass is 16.5. The summed E-state index contributed by atoms with van der Waals surface area (Å²) in [5, 5.41) is 0. The number of methoxy groups -OCH3 is 1. The van der Waals surface area contributed by atoms with Crippen molar-refractivity contribution in [2.24, 2.45) is 0 Å². The lowest BCUT2D eigenvalue weighted by Crippen LogP contribution is -2.47. The van der Waals surface area contributed by atoms with Gasteiger partial charge in [0.05, 0.1) is 13.7 Å². The van der Waals surface area contributed by atoms with E-state index in [1.165, 1.54) is 11.9 Å². The molecule has 22 heavy (non-hydrogen) atoms. The Labute approximate surface area is 130 Å². The van der Waals surface area contributed by atoms with Gasteiger partial charge in [0.1, 0.15) is 11.9 Å². The van der Waals surface area contributed by atoms with Crippen molar-refractivity contribution >= 4 is 0 Å². The van der Waals surface area contributed by atoms with Crippen molar-refractivity contribution in [1.82, 2.24) is 14.9 Å². The summed E-state index contributed by atoms with van der Waals surface area (Å²) in [5.41, 5.74) is 1.92. The standard InChI is InChI=1S/C17H21N3O2/c1-17(15-6-4-3-5-7-15)12-20(8-9-22-17)11-14-10-18-13-19-16(14)21-2/h3-7,10,13H,8-9,11-12H2,1-2H3. The Morgan fingerprint density at radius 1 is 1.32 bits per heavy atom. The average Bonchev–Trinajstić information content (AvgIpc) is 2.56. The third kappa shape index (κ3) is 3.10. The van der Waals surface area contributed by atoms with E-state index in [0.29, 0.717) is 12.5 Å².